The number of nitrogens with zero attached hydrogens (tertiary/aromatic N) is 1. The molecule has 0 radical (unpaired) electrons. The van der Waals surface area contributed by atoms with Crippen LogP contribution in [0, 0.1) is 0 Å². The summed E-state index contributed by atoms with van der Waals surface area (Å²) in [7, 11) is 0. The minimum Gasteiger partial charge on any atom is -0.336 e. The molecule has 0 aliphatic carbocycles. The van der Waals surface area contributed by atoms with Crippen LogP contribution in [0.3, 0.4) is 0 Å². The minimum absolute atomic E-state index is 0.132. The van der Waals surface area contributed by atoms with Crippen molar-refractivity contribution in [2.45, 2.75) is 64.6 Å². The number of carbonyl (C=O) groups is 1. The van der Waals surface area contributed by atoms with Crippen LogP contribution in [0.15, 0.2) is 0 Å². The van der Waals surface area contributed by atoms with Crippen LogP contribution in [-0.2, 0) is 4.79 Å². The van der Waals surface area contributed by atoms with Gasteiger partial charge in [-0.05, 0) is 39.5 Å². The molecule has 0 spiro atoms. The van der Waals surface area contributed by atoms with Crippen molar-refractivity contribution < 1.29 is 4.79 Å². The maximum atomic E-state index is 12.0. The second-order valence-electron chi connectivity index (χ2n) is 4.39. The first-order valence-corrected chi connectivity index (χ1v) is 5.65. The number of likely N-dealkylation sites (tertiary alicyclic amines) is 1. The SMILES string of the molecule is CC[C@@H](N)C(=O)N1C(C)CCCC1C. The topological polar surface area (TPSA) is 46.3 Å². The molecule has 0 bridgehead atoms. The van der Waals surface area contributed by atoms with Crippen molar-refractivity contribution in [3.05, 3.63) is 0 Å². The van der Waals surface area contributed by atoms with Gasteiger partial charge in [0.05, 0.1) is 6.04 Å². The third-order valence-corrected chi connectivity index (χ3v) is 3.21. The van der Waals surface area contributed by atoms with Gasteiger partial charge in [0, 0.05) is 12.1 Å². The standard InChI is InChI=1S/C11H22N2O/c1-4-10(12)11(14)13-8(2)6-5-7-9(13)3/h8-10H,4-7,12H2,1-3H3/t8?,9?,10-/m1/s1. The number of piperidine rings is 1. The van der Waals surface area contributed by atoms with Gasteiger partial charge in [-0.2, -0.15) is 0 Å². The highest BCUT2D eigenvalue weighted by Gasteiger charge is 2.30. The zero-order chi connectivity index (χ0) is 10.7. The third-order valence-electron chi connectivity index (χ3n) is 3.21. The van der Waals surface area contributed by atoms with E-state index in [0.717, 1.165) is 19.3 Å². The Balaban J connectivity index is 2.67. The first kappa shape index (κ1) is 11.5. The molecule has 3 heteroatoms. The monoisotopic (exact) mass is 198 g/mol. The highest BCUT2D eigenvalue weighted by atomic mass is 16.2. The van der Waals surface area contributed by atoms with Gasteiger partial charge in [0.15, 0.2) is 0 Å². The molecule has 1 amide bonds. The molecule has 1 fully saturated rings. The van der Waals surface area contributed by atoms with E-state index >= 15 is 0 Å². The molecule has 0 aromatic carbocycles. The summed E-state index contributed by atoms with van der Waals surface area (Å²) >= 11 is 0. The molecule has 1 rings (SSSR count). The third kappa shape index (κ3) is 2.27. The van der Waals surface area contributed by atoms with E-state index in [1.54, 1.807) is 0 Å². The summed E-state index contributed by atoms with van der Waals surface area (Å²) in [5.74, 6) is 0.132. The van der Waals surface area contributed by atoms with E-state index in [1.165, 1.54) is 6.42 Å². The average Bonchev–Trinajstić information content (AvgIpc) is 2.16. The Bertz CT molecular complexity index is 195. The Morgan fingerprint density at radius 1 is 1.43 bits per heavy atom. The van der Waals surface area contributed by atoms with E-state index in [4.69, 9.17) is 5.73 Å². The molecule has 3 atom stereocenters. The molecular weight excluding hydrogens is 176 g/mol. The molecule has 14 heavy (non-hydrogen) atoms. The van der Waals surface area contributed by atoms with Gasteiger partial charge in [0.2, 0.25) is 5.91 Å². The zero-order valence-corrected chi connectivity index (χ0v) is 9.49. The molecule has 0 saturated carbocycles. The molecule has 2 unspecified atom stereocenters. The molecule has 2 N–H and O–H groups in total. The zero-order valence-electron chi connectivity index (χ0n) is 9.49. The number of hydrogen-bond acceptors (Lipinski definition) is 2. The van der Waals surface area contributed by atoms with Gasteiger partial charge in [0.1, 0.15) is 0 Å². The normalized spacial score (nSPS) is 30.1. The summed E-state index contributed by atoms with van der Waals surface area (Å²) in [4.78, 5) is 13.9. The summed E-state index contributed by atoms with van der Waals surface area (Å²) in [6.07, 6.45) is 4.20. The molecule has 3 nitrogen and oxygen atoms in total. The lowest BCUT2D eigenvalue weighted by atomic mass is 9.96. The van der Waals surface area contributed by atoms with Gasteiger partial charge in [-0.3, -0.25) is 4.79 Å². The fourth-order valence-electron chi connectivity index (χ4n) is 2.22. The molecule has 0 aromatic heterocycles. The van der Waals surface area contributed by atoms with Crippen LogP contribution >= 0.6 is 0 Å². The summed E-state index contributed by atoms with van der Waals surface area (Å²) in [5, 5.41) is 0. The first-order valence-electron chi connectivity index (χ1n) is 5.65. The number of amides is 1. The van der Waals surface area contributed by atoms with E-state index in [0.29, 0.717) is 12.1 Å². The van der Waals surface area contributed by atoms with E-state index in [9.17, 15) is 4.79 Å². The molecule has 1 saturated heterocycles. The van der Waals surface area contributed by atoms with Crippen molar-refractivity contribution >= 4 is 5.91 Å². The molecule has 1 heterocycles. The summed E-state index contributed by atoms with van der Waals surface area (Å²) in [6.45, 7) is 6.20. The number of carbonyl (C=O) groups excluding carboxylic acids is 1. The average molecular weight is 198 g/mol. The highest BCUT2D eigenvalue weighted by Crippen LogP contribution is 2.23. The van der Waals surface area contributed by atoms with Gasteiger partial charge in [0.25, 0.3) is 0 Å². The van der Waals surface area contributed by atoms with Gasteiger partial charge >= 0.3 is 0 Å². The lowest BCUT2D eigenvalue weighted by Gasteiger charge is -2.40. The Hall–Kier alpha value is -0.570. The summed E-state index contributed by atoms with van der Waals surface area (Å²) in [6, 6.07) is 0.422. The Morgan fingerprint density at radius 2 is 1.93 bits per heavy atom. The number of nitrogens with two attached hydrogens (primary N) is 1. The number of rotatable bonds is 2. The quantitative estimate of drug-likeness (QED) is 0.731. The Kier molecular flexibility index (Phi) is 3.93. The van der Waals surface area contributed by atoms with E-state index in [1.807, 2.05) is 11.8 Å². The second-order valence-corrected chi connectivity index (χ2v) is 4.39. The van der Waals surface area contributed by atoms with Crippen LogP contribution in [0.4, 0.5) is 0 Å². The fraction of sp³-hybridized carbons (Fsp3) is 0.909. The molecule has 1 aliphatic rings. The number of hydrogen-bond donors (Lipinski definition) is 1. The van der Waals surface area contributed by atoms with Crippen molar-refractivity contribution in [2.75, 3.05) is 0 Å². The van der Waals surface area contributed by atoms with Crippen molar-refractivity contribution in [2.24, 2.45) is 5.73 Å². The van der Waals surface area contributed by atoms with E-state index < -0.39 is 0 Å². The molecule has 82 valence electrons. The predicted octanol–water partition coefficient (Wildman–Crippen LogP) is 1.51. The summed E-state index contributed by atoms with van der Waals surface area (Å²) in [5.41, 5.74) is 5.78. The van der Waals surface area contributed by atoms with Crippen LogP contribution in [0.25, 0.3) is 0 Å². The van der Waals surface area contributed by atoms with Gasteiger partial charge in [-0.1, -0.05) is 6.92 Å². The van der Waals surface area contributed by atoms with Crippen LogP contribution in [0.2, 0.25) is 0 Å². The van der Waals surface area contributed by atoms with Crippen molar-refractivity contribution in [1.82, 2.24) is 4.90 Å². The lowest BCUT2D eigenvalue weighted by molar-refractivity contribution is -0.138. The van der Waals surface area contributed by atoms with Gasteiger partial charge < -0.3 is 10.6 Å². The van der Waals surface area contributed by atoms with Crippen molar-refractivity contribution in [1.29, 1.82) is 0 Å². The highest BCUT2D eigenvalue weighted by molar-refractivity contribution is 5.82. The van der Waals surface area contributed by atoms with Gasteiger partial charge in [-0.25, -0.2) is 0 Å². The minimum atomic E-state index is -0.307. The largest absolute Gasteiger partial charge is 0.336 e. The lowest BCUT2D eigenvalue weighted by Crippen LogP contribution is -2.53. The predicted molar refractivity (Wildman–Crippen MR) is 57.9 cm³/mol. The Morgan fingerprint density at radius 3 is 2.36 bits per heavy atom. The second kappa shape index (κ2) is 4.78. The first-order chi connectivity index (χ1) is 6.57. The van der Waals surface area contributed by atoms with Crippen LogP contribution in [-0.4, -0.2) is 28.9 Å². The van der Waals surface area contributed by atoms with Crippen LogP contribution in [0.5, 0.6) is 0 Å². The molecular formula is C11H22N2O. The smallest absolute Gasteiger partial charge is 0.239 e. The maximum Gasteiger partial charge on any atom is 0.239 e. The fourth-order valence-corrected chi connectivity index (χ4v) is 2.22. The van der Waals surface area contributed by atoms with Crippen molar-refractivity contribution in [3.8, 4) is 0 Å². The van der Waals surface area contributed by atoms with Crippen molar-refractivity contribution in [3.63, 3.8) is 0 Å². The maximum absolute atomic E-state index is 12.0. The van der Waals surface area contributed by atoms with Gasteiger partial charge in [-0.15, -0.1) is 0 Å². The Labute approximate surface area is 86.6 Å². The molecule has 0 aromatic rings. The summed E-state index contributed by atoms with van der Waals surface area (Å²) < 4.78 is 0. The van der Waals surface area contributed by atoms with Crippen LogP contribution < -0.4 is 5.73 Å². The van der Waals surface area contributed by atoms with Crippen LogP contribution in [0.1, 0.15) is 46.5 Å². The molecule has 1 aliphatic heterocycles. The van der Waals surface area contributed by atoms with E-state index in [2.05, 4.69) is 13.8 Å². The van der Waals surface area contributed by atoms with E-state index in [-0.39, 0.29) is 11.9 Å².